The van der Waals surface area contributed by atoms with E-state index in [0.29, 0.717) is 0 Å². The van der Waals surface area contributed by atoms with E-state index in [2.05, 4.69) is 227 Å². The van der Waals surface area contributed by atoms with Crippen LogP contribution in [0.2, 0.25) is 0 Å². The first-order chi connectivity index (χ1) is 25.1. The molecule has 0 saturated carbocycles. The maximum absolute atomic E-state index is 3.68. The number of hydrogen-bond donors (Lipinski definition) is 0. The third kappa shape index (κ3) is 5.26. The predicted molar refractivity (Wildman–Crippen MR) is 226 cm³/mol. The summed E-state index contributed by atoms with van der Waals surface area (Å²) >= 11 is 7.36. The first-order valence-corrected chi connectivity index (χ1v) is 19.4. The van der Waals surface area contributed by atoms with Gasteiger partial charge in [-0.1, -0.05) is 132 Å². The molecular weight excluding hydrogens is 764 g/mol. The summed E-state index contributed by atoms with van der Waals surface area (Å²) in [6.45, 7) is 9.62. The third-order valence-electron chi connectivity index (χ3n) is 11.1. The molecule has 7 aromatic carbocycles. The molecule has 0 amide bonds. The van der Waals surface area contributed by atoms with E-state index < -0.39 is 0 Å². The van der Waals surface area contributed by atoms with E-state index in [-0.39, 0.29) is 10.8 Å². The average molecular weight is 803 g/mol. The Bertz CT molecular complexity index is 2300. The summed E-state index contributed by atoms with van der Waals surface area (Å²) in [5.41, 5.74) is 16.8. The van der Waals surface area contributed by atoms with Crippen LogP contribution in [0.1, 0.15) is 49.9 Å². The molecule has 0 radical (unpaired) electrons. The van der Waals surface area contributed by atoms with Crippen LogP contribution >= 0.6 is 31.9 Å². The summed E-state index contributed by atoms with van der Waals surface area (Å²) in [5.74, 6) is 0. The number of fused-ring (bicyclic) bond motifs is 4. The van der Waals surface area contributed by atoms with Crippen molar-refractivity contribution >= 4 is 66.0 Å². The van der Waals surface area contributed by atoms with E-state index in [9.17, 15) is 0 Å². The second kappa shape index (κ2) is 12.4. The SMILES string of the molecule is CC1(C)c2cc(-c3ccccc3)ccc2N2c3ccc(-c4ccccc4)cc3C(C)(C)c3cc(N(c4ccc(Br)cc4)c4ccc(Br)cc4)cc1c32. The Kier molecular flexibility index (Phi) is 7.84. The van der Waals surface area contributed by atoms with Gasteiger partial charge >= 0.3 is 0 Å². The van der Waals surface area contributed by atoms with Crippen molar-refractivity contribution in [1.82, 2.24) is 0 Å². The summed E-state index contributed by atoms with van der Waals surface area (Å²) in [5, 5.41) is 0. The number of hydrogen-bond acceptors (Lipinski definition) is 2. The molecule has 0 N–H and O–H groups in total. The van der Waals surface area contributed by atoms with Crippen molar-refractivity contribution in [2.75, 3.05) is 9.80 Å². The molecule has 254 valence electrons. The molecule has 0 atom stereocenters. The fraction of sp³-hybridized carbons (Fsp3) is 0.125. The maximum Gasteiger partial charge on any atom is 0.0545 e. The lowest BCUT2D eigenvalue weighted by Crippen LogP contribution is -2.38. The molecule has 0 unspecified atom stereocenters. The van der Waals surface area contributed by atoms with Gasteiger partial charge in [-0.3, -0.25) is 0 Å². The largest absolute Gasteiger partial charge is 0.310 e. The monoisotopic (exact) mass is 800 g/mol. The van der Waals surface area contributed by atoms with Gasteiger partial charge < -0.3 is 9.80 Å². The zero-order valence-corrected chi connectivity index (χ0v) is 32.8. The quantitative estimate of drug-likeness (QED) is 0.171. The molecular formula is C48H38Br2N2. The van der Waals surface area contributed by atoms with Crippen LogP contribution in [0.5, 0.6) is 0 Å². The molecule has 2 aliphatic rings. The highest BCUT2D eigenvalue weighted by atomic mass is 79.9. The number of benzene rings is 7. The minimum absolute atomic E-state index is 0.292. The summed E-state index contributed by atoms with van der Waals surface area (Å²) in [6, 6.07) is 57.9. The molecule has 0 aliphatic carbocycles. The Morgan fingerprint density at radius 3 is 1.21 bits per heavy atom. The average Bonchev–Trinajstić information content (AvgIpc) is 3.17. The van der Waals surface area contributed by atoms with Gasteiger partial charge in [-0.05, 0) is 129 Å². The van der Waals surface area contributed by atoms with Crippen LogP contribution in [0, 0.1) is 0 Å². The van der Waals surface area contributed by atoms with Gasteiger partial charge in [0, 0.05) is 36.8 Å². The van der Waals surface area contributed by atoms with Gasteiger partial charge in [-0.2, -0.15) is 0 Å². The van der Waals surface area contributed by atoms with Crippen LogP contribution in [0.15, 0.2) is 167 Å². The van der Waals surface area contributed by atoms with Gasteiger partial charge in [-0.15, -0.1) is 0 Å². The molecule has 0 fully saturated rings. The van der Waals surface area contributed by atoms with Crippen LogP contribution in [0.4, 0.5) is 34.1 Å². The second-order valence-corrected chi connectivity index (χ2v) is 16.8. The van der Waals surface area contributed by atoms with Crippen molar-refractivity contribution in [1.29, 1.82) is 0 Å². The molecule has 2 nitrogen and oxygen atoms in total. The minimum Gasteiger partial charge on any atom is -0.310 e. The van der Waals surface area contributed by atoms with E-state index >= 15 is 0 Å². The normalized spacial score (nSPS) is 14.6. The summed E-state index contributed by atoms with van der Waals surface area (Å²) in [7, 11) is 0. The van der Waals surface area contributed by atoms with Crippen molar-refractivity contribution in [3.8, 4) is 22.3 Å². The smallest absolute Gasteiger partial charge is 0.0545 e. The highest BCUT2D eigenvalue weighted by Crippen LogP contribution is 2.62. The van der Waals surface area contributed by atoms with Crippen LogP contribution in [0.25, 0.3) is 22.3 Å². The van der Waals surface area contributed by atoms with Gasteiger partial charge in [0.2, 0.25) is 0 Å². The van der Waals surface area contributed by atoms with Crippen LogP contribution < -0.4 is 9.80 Å². The van der Waals surface area contributed by atoms with E-state index in [4.69, 9.17) is 0 Å². The number of rotatable bonds is 5. The van der Waals surface area contributed by atoms with Crippen LogP contribution in [-0.4, -0.2) is 0 Å². The van der Waals surface area contributed by atoms with E-state index in [0.717, 1.165) is 26.0 Å². The van der Waals surface area contributed by atoms with Crippen LogP contribution in [-0.2, 0) is 10.8 Å². The summed E-state index contributed by atoms with van der Waals surface area (Å²) < 4.78 is 2.12. The molecule has 9 rings (SSSR count). The molecule has 0 bridgehead atoms. The van der Waals surface area contributed by atoms with Gasteiger partial charge in [0.05, 0.1) is 17.1 Å². The molecule has 0 spiro atoms. The second-order valence-electron chi connectivity index (χ2n) is 15.0. The molecule has 0 saturated heterocycles. The van der Waals surface area contributed by atoms with E-state index in [1.165, 1.54) is 61.6 Å². The standard InChI is InChI=1S/C48H38Br2N2/c1-47(2)40-27-33(31-11-7-5-8-12-31)15-25-44(40)52-45-26-16-34(32-13-9-6-10-14-32)28-41(45)48(3,4)43-30-39(29-42(47)46(43)52)51(37-21-17-35(49)18-22-37)38-23-19-36(50)20-24-38/h5-30H,1-4H3. The molecule has 2 heterocycles. The number of anilines is 6. The zero-order chi connectivity index (χ0) is 35.8. The number of nitrogens with zero attached hydrogens (tertiary/aromatic N) is 2. The Hall–Kier alpha value is -4.90. The lowest BCUT2D eigenvalue weighted by atomic mass is 9.65. The summed E-state index contributed by atoms with van der Waals surface area (Å²) in [4.78, 5) is 4.96. The van der Waals surface area contributed by atoms with Gasteiger partial charge in [0.25, 0.3) is 0 Å². The predicted octanol–water partition coefficient (Wildman–Crippen LogP) is 14.8. The van der Waals surface area contributed by atoms with E-state index in [1.54, 1.807) is 0 Å². The third-order valence-corrected chi connectivity index (χ3v) is 12.2. The van der Waals surface area contributed by atoms with Crippen molar-refractivity contribution in [3.63, 3.8) is 0 Å². The molecule has 0 aromatic heterocycles. The first kappa shape index (κ1) is 33.0. The van der Waals surface area contributed by atoms with Crippen molar-refractivity contribution < 1.29 is 0 Å². The number of halogens is 2. The lowest BCUT2D eigenvalue weighted by molar-refractivity contribution is 0.597. The Morgan fingerprint density at radius 1 is 0.404 bits per heavy atom. The first-order valence-electron chi connectivity index (χ1n) is 17.8. The lowest BCUT2D eigenvalue weighted by Gasteiger charge is -2.50. The van der Waals surface area contributed by atoms with Crippen molar-refractivity contribution in [2.45, 2.75) is 38.5 Å². The topological polar surface area (TPSA) is 6.48 Å². The highest BCUT2D eigenvalue weighted by Gasteiger charge is 2.46. The molecule has 52 heavy (non-hydrogen) atoms. The molecule has 2 aliphatic heterocycles. The van der Waals surface area contributed by atoms with Gasteiger partial charge in [0.15, 0.2) is 0 Å². The fourth-order valence-corrected chi connectivity index (χ4v) is 8.84. The van der Waals surface area contributed by atoms with Crippen molar-refractivity contribution in [3.05, 3.63) is 189 Å². The van der Waals surface area contributed by atoms with Crippen molar-refractivity contribution in [2.24, 2.45) is 0 Å². The maximum atomic E-state index is 3.68. The Labute approximate surface area is 323 Å². The molecule has 4 heteroatoms. The Morgan fingerprint density at radius 2 is 0.808 bits per heavy atom. The molecule has 7 aromatic rings. The van der Waals surface area contributed by atoms with E-state index in [1.807, 2.05) is 0 Å². The minimum atomic E-state index is -0.292. The van der Waals surface area contributed by atoms with Gasteiger partial charge in [-0.25, -0.2) is 0 Å². The van der Waals surface area contributed by atoms with Gasteiger partial charge in [0.1, 0.15) is 0 Å². The highest BCUT2D eigenvalue weighted by molar-refractivity contribution is 9.10. The zero-order valence-electron chi connectivity index (χ0n) is 29.7. The summed E-state index contributed by atoms with van der Waals surface area (Å²) in [6.07, 6.45) is 0. The fourth-order valence-electron chi connectivity index (χ4n) is 8.31. The van der Waals surface area contributed by atoms with Crippen LogP contribution in [0.3, 0.4) is 0 Å². The Balaban J connectivity index is 1.34.